The molecule has 1 aromatic carbocycles. The molecule has 1 aliphatic rings. The smallest absolute Gasteiger partial charge is 0.254 e. The van der Waals surface area contributed by atoms with Crippen LogP contribution in [-0.4, -0.2) is 33.5 Å². The monoisotopic (exact) mass is 286 g/mol. The first kappa shape index (κ1) is 13.7. The second-order valence-electron chi connectivity index (χ2n) is 5.15. The average molecular weight is 286 g/mol. The van der Waals surface area contributed by atoms with Crippen molar-refractivity contribution in [1.82, 2.24) is 9.88 Å². The quantitative estimate of drug-likeness (QED) is 0.920. The lowest BCUT2D eigenvalue weighted by Gasteiger charge is -2.24. The maximum Gasteiger partial charge on any atom is 0.254 e. The molecule has 5 heteroatoms. The number of carbonyl (C=O) groups is 1. The number of likely N-dealkylation sites (tertiary alicyclic amines) is 1. The van der Waals surface area contributed by atoms with Crippen molar-refractivity contribution in [3.8, 4) is 0 Å². The van der Waals surface area contributed by atoms with Crippen LogP contribution < -0.4 is 0 Å². The van der Waals surface area contributed by atoms with Gasteiger partial charge in [-0.2, -0.15) is 0 Å². The molecule has 108 valence electrons. The largest absolute Gasteiger partial charge is 0.391 e. The van der Waals surface area contributed by atoms with Crippen LogP contribution in [0.3, 0.4) is 0 Å². The number of hydrogen-bond acceptors (Lipinski definition) is 3. The molecule has 2 aromatic rings. The summed E-state index contributed by atoms with van der Waals surface area (Å²) in [6.45, 7) is 0.252. The fraction of sp³-hybridized carbons (Fsp3) is 0.250. The Morgan fingerprint density at radius 3 is 2.76 bits per heavy atom. The lowest BCUT2D eigenvalue weighted by atomic mass is 10.0. The zero-order chi connectivity index (χ0) is 14.8. The highest BCUT2D eigenvalue weighted by atomic mass is 19.1. The van der Waals surface area contributed by atoms with Gasteiger partial charge >= 0.3 is 0 Å². The number of aromatic nitrogens is 1. The Hall–Kier alpha value is -2.27. The van der Waals surface area contributed by atoms with Gasteiger partial charge in [0.15, 0.2) is 0 Å². The molecular formula is C16H15FN2O2. The molecule has 0 radical (unpaired) electrons. The number of amides is 1. The Bertz CT molecular complexity index is 648. The number of hydrogen-bond donors (Lipinski definition) is 1. The first-order valence-corrected chi connectivity index (χ1v) is 6.79. The van der Waals surface area contributed by atoms with E-state index in [1.54, 1.807) is 41.6 Å². The minimum Gasteiger partial charge on any atom is -0.391 e. The van der Waals surface area contributed by atoms with Gasteiger partial charge in [-0.25, -0.2) is 4.39 Å². The van der Waals surface area contributed by atoms with Crippen LogP contribution in [0.5, 0.6) is 0 Å². The zero-order valence-corrected chi connectivity index (χ0v) is 11.3. The molecule has 1 fully saturated rings. The van der Waals surface area contributed by atoms with E-state index < -0.39 is 6.10 Å². The molecule has 2 atom stereocenters. The molecule has 1 saturated heterocycles. The Balaban J connectivity index is 1.91. The van der Waals surface area contributed by atoms with Crippen molar-refractivity contribution >= 4 is 5.91 Å². The highest BCUT2D eigenvalue weighted by Gasteiger charge is 2.35. The van der Waals surface area contributed by atoms with E-state index in [9.17, 15) is 14.3 Å². The molecule has 1 N–H and O–H groups in total. The number of benzene rings is 1. The summed E-state index contributed by atoms with van der Waals surface area (Å²) < 4.78 is 13.4. The minimum absolute atomic E-state index is 0.178. The highest BCUT2D eigenvalue weighted by Crippen LogP contribution is 2.33. The minimum atomic E-state index is -0.593. The van der Waals surface area contributed by atoms with E-state index in [1.165, 1.54) is 12.1 Å². The Morgan fingerprint density at radius 1 is 1.29 bits per heavy atom. The Morgan fingerprint density at radius 2 is 2.05 bits per heavy atom. The molecule has 1 amide bonds. The molecule has 4 nitrogen and oxygen atoms in total. The van der Waals surface area contributed by atoms with Crippen LogP contribution >= 0.6 is 0 Å². The van der Waals surface area contributed by atoms with Crippen LogP contribution in [-0.2, 0) is 0 Å². The molecule has 0 unspecified atom stereocenters. The van der Waals surface area contributed by atoms with E-state index in [2.05, 4.69) is 4.98 Å². The van der Waals surface area contributed by atoms with E-state index >= 15 is 0 Å². The molecule has 0 aliphatic carbocycles. The number of carbonyl (C=O) groups excluding carboxylic acids is 1. The van der Waals surface area contributed by atoms with Gasteiger partial charge in [0, 0.05) is 24.5 Å². The predicted molar refractivity (Wildman–Crippen MR) is 75.0 cm³/mol. The summed E-state index contributed by atoms with van der Waals surface area (Å²) in [5, 5.41) is 9.90. The van der Waals surface area contributed by atoms with Crippen LogP contribution in [0.1, 0.15) is 28.4 Å². The van der Waals surface area contributed by atoms with E-state index in [0.717, 1.165) is 0 Å². The van der Waals surface area contributed by atoms with Gasteiger partial charge in [0.1, 0.15) is 5.82 Å². The Kier molecular flexibility index (Phi) is 3.66. The van der Waals surface area contributed by atoms with E-state index in [-0.39, 0.29) is 24.3 Å². The summed E-state index contributed by atoms with van der Waals surface area (Å²) in [7, 11) is 0. The molecule has 0 saturated carbocycles. The summed E-state index contributed by atoms with van der Waals surface area (Å²) in [6, 6.07) is 9.13. The first-order chi connectivity index (χ1) is 10.1. The van der Waals surface area contributed by atoms with Crippen molar-refractivity contribution in [2.45, 2.75) is 18.6 Å². The lowest BCUT2D eigenvalue weighted by Crippen LogP contribution is -2.31. The zero-order valence-electron chi connectivity index (χ0n) is 11.3. The molecule has 3 rings (SSSR count). The summed E-state index contributed by atoms with van der Waals surface area (Å²) in [5.74, 6) is -0.520. The molecule has 1 aromatic heterocycles. The molecule has 1 aliphatic heterocycles. The van der Waals surface area contributed by atoms with Gasteiger partial charge in [-0.15, -0.1) is 0 Å². The number of pyridine rings is 1. The van der Waals surface area contributed by atoms with Crippen molar-refractivity contribution in [2.24, 2.45) is 0 Å². The van der Waals surface area contributed by atoms with Gasteiger partial charge in [-0.3, -0.25) is 9.78 Å². The third-order valence-electron chi connectivity index (χ3n) is 3.70. The normalized spacial score (nSPS) is 21.5. The van der Waals surface area contributed by atoms with Gasteiger partial charge in [0.2, 0.25) is 0 Å². The number of halogens is 1. The lowest BCUT2D eigenvalue weighted by molar-refractivity contribution is 0.0715. The molecule has 0 spiro atoms. The van der Waals surface area contributed by atoms with Crippen molar-refractivity contribution in [3.63, 3.8) is 0 Å². The van der Waals surface area contributed by atoms with E-state index in [1.807, 2.05) is 0 Å². The van der Waals surface area contributed by atoms with E-state index in [4.69, 9.17) is 0 Å². The van der Waals surface area contributed by atoms with Crippen molar-refractivity contribution in [2.75, 3.05) is 6.54 Å². The van der Waals surface area contributed by atoms with Crippen molar-refractivity contribution in [3.05, 3.63) is 65.7 Å². The summed E-state index contributed by atoms with van der Waals surface area (Å²) in [5.41, 5.74) is 1.22. The second-order valence-corrected chi connectivity index (χ2v) is 5.15. The second kappa shape index (κ2) is 5.61. The SMILES string of the molecule is O=C(c1ccncc1)N1C[C@H](O)C[C@H]1c1cccc(F)c1. The van der Waals surface area contributed by atoms with Gasteiger partial charge in [0.05, 0.1) is 12.1 Å². The van der Waals surface area contributed by atoms with Crippen LogP contribution in [0, 0.1) is 5.82 Å². The van der Waals surface area contributed by atoms with Crippen LogP contribution in [0.15, 0.2) is 48.8 Å². The Labute approximate surface area is 121 Å². The van der Waals surface area contributed by atoms with E-state index in [0.29, 0.717) is 17.5 Å². The topological polar surface area (TPSA) is 53.4 Å². The first-order valence-electron chi connectivity index (χ1n) is 6.79. The standard InChI is InChI=1S/C16H15FN2O2/c17-13-3-1-2-12(8-13)15-9-14(20)10-19(15)16(21)11-4-6-18-7-5-11/h1-8,14-15,20H,9-10H2/t14-,15+/m1/s1. The van der Waals surface area contributed by atoms with Gasteiger partial charge in [0.25, 0.3) is 5.91 Å². The third-order valence-corrected chi connectivity index (χ3v) is 3.70. The molecule has 0 bridgehead atoms. The fourth-order valence-corrected chi connectivity index (χ4v) is 2.73. The average Bonchev–Trinajstić information content (AvgIpc) is 2.89. The number of rotatable bonds is 2. The van der Waals surface area contributed by atoms with Crippen molar-refractivity contribution < 1.29 is 14.3 Å². The van der Waals surface area contributed by atoms with Gasteiger partial charge in [-0.05, 0) is 36.2 Å². The summed E-state index contributed by atoms with van der Waals surface area (Å²) >= 11 is 0. The molecule has 2 heterocycles. The van der Waals surface area contributed by atoms with Crippen LogP contribution in [0.2, 0.25) is 0 Å². The number of β-amino-alcohol motifs (C(OH)–C–C–N with tert-alkyl or cyclic N) is 1. The van der Waals surface area contributed by atoms with Crippen LogP contribution in [0.25, 0.3) is 0 Å². The summed E-state index contributed by atoms with van der Waals surface area (Å²) in [6.07, 6.45) is 2.93. The molecule has 21 heavy (non-hydrogen) atoms. The third kappa shape index (κ3) is 2.78. The van der Waals surface area contributed by atoms with Gasteiger partial charge < -0.3 is 10.0 Å². The number of nitrogens with zero attached hydrogens (tertiary/aromatic N) is 2. The van der Waals surface area contributed by atoms with Crippen LogP contribution in [0.4, 0.5) is 4.39 Å². The molecular weight excluding hydrogens is 271 g/mol. The number of aliphatic hydroxyl groups excluding tert-OH is 1. The summed E-state index contributed by atoms with van der Waals surface area (Å²) in [4.78, 5) is 18.0. The number of aliphatic hydroxyl groups is 1. The maximum absolute atomic E-state index is 13.4. The predicted octanol–water partition coefficient (Wildman–Crippen LogP) is 2.17. The van der Waals surface area contributed by atoms with Gasteiger partial charge in [-0.1, -0.05) is 12.1 Å². The fourth-order valence-electron chi connectivity index (χ4n) is 2.73. The highest BCUT2D eigenvalue weighted by molar-refractivity contribution is 5.94. The maximum atomic E-state index is 13.4. The van der Waals surface area contributed by atoms with Crippen molar-refractivity contribution in [1.29, 1.82) is 0 Å².